The average molecular weight is 701 g/mol. The Hall–Kier alpha value is -4.70. The lowest BCUT2D eigenvalue weighted by molar-refractivity contribution is 0.0744. The minimum absolute atomic E-state index is 0.0360. The quantitative estimate of drug-likeness (QED) is 0.0596. The van der Waals surface area contributed by atoms with Gasteiger partial charge in [0.25, 0.3) is 0 Å². The van der Waals surface area contributed by atoms with E-state index >= 15 is 0 Å². The molecule has 7 nitrogen and oxygen atoms in total. The summed E-state index contributed by atoms with van der Waals surface area (Å²) in [5.41, 5.74) is 3.35. The van der Waals surface area contributed by atoms with Gasteiger partial charge in [-0.3, -0.25) is 14.3 Å². The van der Waals surface area contributed by atoms with Crippen LogP contribution in [0.3, 0.4) is 0 Å². The third-order valence-electron chi connectivity index (χ3n) is 10.7. The lowest BCUT2D eigenvalue weighted by atomic mass is 9.89. The number of unbranched alkanes of at least 4 members (excludes halogenated alkanes) is 9. The topological polar surface area (TPSA) is 99.2 Å². The van der Waals surface area contributed by atoms with Gasteiger partial charge in [-0.1, -0.05) is 106 Å². The number of allylic oxidation sites excluding steroid dienone is 4. The van der Waals surface area contributed by atoms with Gasteiger partial charge in [0.1, 0.15) is 0 Å². The molecule has 0 radical (unpaired) electrons. The standard InChI is InChI=1S/C45H56N4O3/c1-2-3-4-5-6-7-8-9-10-11-13-21-36(43-39-24-17-16-20-35(39)27-30-47-43)22-14-12-15-23-38(33-46)41-34-49(42-26-19-18-25-40(41)42)44(50)37-28-31-48(32-29-37)45(51)52/h9-10,16-20,23-27,30,34,36-37H,2-8,11-15,21-22,28-29,31-32H2,1H3,(H,51,52)/b10-9-,38-23+. The molecule has 1 fully saturated rings. The maximum atomic E-state index is 13.7. The number of para-hydroxylation sites is 1. The van der Waals surface area contributed by atoms with E-state index in [0.29, 0.717) is 37.4 Å². The number of likely N-dealkylation sites (tertiary alicyclic amines) is 1. The SMILES string of the molecule is CCCCCCCC/C=C\CCCC(CCCC/C=C(\C#N)c1cn(C(=O)C2CCN(C(=O)O)CC2)c2ccccc12)c1nccc2ccccc12. The molecule has 0 bridgehead atoms. The van der Waals surface area contributed by atoms with Crippen LogP contribution in [-0.2, 0) is 0 Å². The molecule has 0 aliphatic carbocycles. The van der Waals surface area contributed by atoms with Crippen LogP contribution in [-0.4, -0.2) is 44.6 Å². The number of piperidine rings is 1. The van der Waals surface area contributed by atoms with Gasteiger partial charge < -0.3 is 10.0 Å². The molecule has 3 heterocycles. The molecule has 1 amide bonds. The number of amides is 1. The first kappa shape index (κ1) is 38.5. The molecule has 1 aliphatic heterocycles. The first-order chi connectivity index (χ1) is 25.5. The first-order valence-electron chi connectivity index (χ1n) is 19.7. The summed E-state index contributed by atoms with van der Waals surface area (Å²) in [5, 5.41) is 23.0. The van der Waals surface area contributed by atoms with Crippen molar-refractivity contribution in [3.63, 3.8) is 0 Å². The van der Waals surface area contributed by atoms with Crippen LogP contribution in [0.4, 0.5) is 4.79 Å². The third-order valence-corrected chi connectivity index (χ3v) is 10.7. The average Bonchev–Trinajstić information content (AvgIpc) is 3.56. The summed E-state index contributed by atoms with van der Waals surface area (Å²) in [4.78, 5) is 31.3. The van der Waals surface area contributed by atoms with Crippen LogP contribution < -0.4 is 0 Å². The Bertz CT molecular complexity index is 1850. The van der Waals surface area contributed by atoms with Gasteiger partial charge in [-0.25, -0.2) is 4.79 Å². The molecule has 5 rings (SSSR count). The van der Waals surface area contributed by atoms with Gasteiger partial charge in [0.05, 0.1) is 22.9 Å². The number of hydrogen-bond acceptors (Lipinski definition) is 4. The third kappa shape index (κ3) is 10.4. The number of carbonyl (C=O) groups excluding carboxylic acids is 1. The Labute approximate surface area is 310 Å². The van der Waals surface area contributed by atoms with Gasteiger partial charge in [0.2, 0.25) is 5.91 Å². The van der Waals surface area contributed by atoms with Crippen LogP contribution >= 0.6 is 0 Å². The Morgan fingerprint density at radius 2 is 1.54 bits per heavy atom. The summed E-state index contributed by atoms with van der Waals surface area (Å²) in [7, 11) is 0. The van der Waals surface area contributed by atoms with Crippen molar-refractivity contribution in [2.45, 2.75) is 116 Å². The molecule has 0 saturated carbocycles. The smallest absolute Gasteiger partial charge is 0.407 e. The number of carbonyl (C=O) groups is 2. The summed E-state index contributed by atoms with van der Waals surface area (Å²) >= 11 is 0. The summed E-state index contributed by atoms with van der Waals surface area (Å²) in [5.74, 6) is 0.0917. The number of fused-ring (bicyclic) bond motifs is 2. The van der Waals surface area contributed by atoms with Crippen molar-refractivity contribution < 1.29 is 14.7 Å². The number of aromatic nitrogens is 2. The van der Waals surface area contributed by atoms with Gasteiger partial charge in [-0.15, -0.1) is 0 Å². The van der Waals surface area contributed by atoms with E-state index in [1.54, 1.807) is 4.57 Å². The van der Waals surface area contributed by atoms with E-state index in [1.807, 2.05) is 42.7 Å². The highest BCUT2D eigenvalue weighted by atomic mass is 16.4. The number of pyridine rings is 1. The maximum Gasteiger partial charge on any atom is 0.407 e. The molecular formula is C45H56N4O3. The molecule has 0 spiro atoms. The van der Waals surface area contributed by atoms with Crippen LogP contribution in [0.15, 0.2) is 85.2 Å². The Balaban J connectivity index is 1.19. The monoisotopic (exact) mass is 700 g/mol. The van der Waals surface area contributed by atoms with Gasteiger partial charge >= 0.3 is 6.09 Å². The molecule has 1 saturated heterocycles. The molecular weight excluding hydrogens is 645 g/mol. The lowest BCUT2D eigenvalue weighted by Gasteiger charge is -2.29. The van der Waals surface area contributed by atoms with E-state index in [1.165, 1.54) is 66.3 Å². The number of nitrogens with zero attached hydrogens (tertiary/aromatic N) is 4. The molecule has 7 heteroatoms. The van der Waals surface area contributed by atoms with Crippen LogP contribution in [0.5, 0.6) is 0 Å². The number of carboxylic acid groups (broad SMARTS) is 1. The summed E-state index contributed by atoms with van der Waals surface area (Å²) in [6.07, 6.45) is 27.0. The predicted octanol–water partition coefficient (Wildman–Crippen LogP) is 11.9. The molecule has 1 atom stereocenters. The van der Waals surface area contributed by atoms with Crippen molar-refractivity contribution in [1.82, 2.24) is 14.5 Å². The van der Waals surface area contributed by atoms with Gasteiger partial charge in [0, 0.05) is 53.7 Å². The zero-order valence-electron chi connectivity index (χ0n) is 31.0. The van der Waals surface area contributed by atoms with E-state index in [0.717, 1.165) is 61.4 Å². The van der Waals surface area contributed by atoms with Gasteiger partial charge in [-0.05, 0) is 81.7 Å². The van der Waals surface area contributed by atoms with Crippen LogP contribution in [0.25, 0.3) is 27.2 Å². The Morgan fingerprint density at radius 1 is 0.865 bits per heavy atom. The number of hydrogen-bond donors (Lipinski definition) is 1. The number of nitriles is 1. The second-order valence-electron chi connectivity index (χ2n) is 14.4. The first-order valence-corrected chi connectivity index (χ1v) is 19.7. The maximum absolute atomic E-state index is 13.7. The van der Waals surface area contributed by atoms with E-state index < -0.39 is 6.09 Å². The van der Waals surface area contributed by atoms with Crippen LogP contribution in [0.1, 0.15) is 132 Å². The second-order valence-corrected chi connectivity index (χ2v) is 14.4. The van der Waals surface area contributed by atoms with Crippen molar-refractivity contribution in [2.75, 3.05) is 13.1 Å². The molecule has 2 aromatic heterocycles. The van der Waals surface area contributed by atoms with Crippen molar-refractivity contribution in [2.24, 2.45) is 5.92 Å². The van der Waals surface area contributed by atoms with Crippen molar-refractivity contribution in [3.8, 4) is 6.07 Å². The van der Waals surface area contributed by atoms with E-state index in [-0.39, 0.29) is 11.8 Å². The minimum Gasteiger partial charge on any atom is -0.465 e. The Morgan fingerprint density at radius 3 is 2.31 bits per heavy atom. The lowest BCUT2D eigenvalue weighted by Crippen LogP contribution is -2.40. The fourth-order valence-corrected chi connectivity index (χ4v) is 7.73. The predicted molar refractivity (Wildman–Crippen MR) is 212 cm³/mol. The molecule has 1 aliphatic rings. The normalized spacial score (nSPS) is 14.7. The fourth-order valence-electron chi connectivity index (χ4n) is 7.73. The molecule has 1 N–H and O–H groups in total. The summed E-state index contributed by atoms with van der Waals surface area (Å²) in [6.45, 7) is 2.98. The van der Waals surface area contributed by atoms with Crippen molar-refractivity contribution >= 4 is 39.2 Å². The van der Waals surface area contributed by atoms with Crippen molar-refractivity contribution in [3.05, 3.63) is 96.5 Å². The highest BCUT2D eigenvalue weighted by Gasteiger charge is 2.29. The highest BCUT2D eigenvalue weighted by Crippen LogP contribution is 2.33. The van der Waals surface area contributed by atoms with Gasteiger partial charge in [0.15, 0.2) is 0 Å². The van der Waals surface area contributed by atoms with Crippen LogP contribution in [0, 0.1) is 17.2 Å². The highest BCUT2D eigenvalue weighted by molar-refractivity contribution is 6.02. The van der Waals surface area contributed by atoms with Crippen molar-refractivity contribution in [1.29, 1.82) is 5.26 Å². The zero-order chi connectivity index (χ0) is 36.5. The van der Waals surface area contributed by atoms with Crippen LogP contribution in [0.2, 0.25) is 0 Å². The second kappa shape index (κ2) is 20.4. The summed E-state index contributed by atoms with van der Waals surface area (Å²) in [6, 6.07) is 20.8. The van der Waals surface area contributed by atoms with E-state index in [2.05, 4.69) is 55.5 Å². The zero-order valence-corrected chi connectivity index (χ0v) is 31.0. The fraction of sp³-hybridized carbons (Fsp3) is 0.467. The van der Waals surface area contributed by atoms with Gasteiger partial charge in [-0.2, -0.15) is 5.26 Å². The largest absolute Gasteiger partial charge is 0.465 e. The molecule has 52 heavy (non-hydrogen) atoms. The molecule has 2 aromatic carbocycles. The Kier molecular flexibility index (Phi) is 15.1. The van der Waals surface area contributed by atoms with E-state index in [4.69, 9.17) is 4.98 Å². The number of benzene rings is 2. The number of rotatable bonds is 19. The molecule has 4 aromatic rings. The minimum atomic E-state index is -0.939. The molecule has 274 valence electrons. The summed E-state index contributed by atoms with van der Waals surface area (Å²) < 4.78 is 1.68. The van der Waals surface area contributed by atoms with E-state index in [9.17, 15) is 20.0 Å². The molecule has 1 unspecified atom stereocenters.